The van der Waals surface area contributed by atoms with E-state index in [0.717, 1.165) is 22.0 Å². The number of fused-ring (bicyclic) bond motifs is 1. The molecule has 3 aromatic carbocycles. The number of hydrogen-bond donors (Lipinski definition) is 1. The van der Waals surface area contributed by atoms with Crippen LogP contribution >= 0.6 is 0 Å². The van der Waals surface area contributed by atoms with Gasteiger partial charge in [-0.2, -0.15) is 0 Å². The van der Waals surface area contributed by atoms with Crippen LogP contribution in [0.15, 0.2) is 95.6 Å². The number of furan rings is 1. The Labute approximate surface area is 151 Å². The lowest BCUT2D eigenvalue weighted by Gasteiger charge is -2.10. The Hall–Kier alpha value is -3.59. The van der Waals surface area contributed by atoms with Gasteiger partial charge in [-0.15, -0.1) is 0 Å². The molecule has 0 fully saturated rings. The van der Waals surface area contributed by atoms with Crippen molar-refractivity contribution in [3.63, 3.8) is 0 Å². The average Bonchev–Trinajstić information content (AvgIpc) is 3.20. The summed E-state index contributed by atoms with van der Waals surface area (Å²) in [5.74, 6) is 0.459. The first-order valence-corrected chi connectivity index (χ1v) is 8.40. The molecule has 0 saturated heterocycles. The summed E-state index contributed by atoms with van der Waals surface area (Å²) in [6.07, 6.45) is 3.35. The molecule has 4 aromatic rings. The summed E-state index contributed by atoms with van der Waals surface area (Å²) >= 11 is 0. The van der Waals surface area contributed by atoms with Gasteiger partial charge in [0.15, 0.2) is 0 Å². The quantitative estimate of drug-likeness (QED) is 0.491. The molecule has 1 amide bonds. The van der Waals surface area contributed by atoms with Crippen LogP contribution in [-0.4, -0.2) is 5.91 Å². The molecular formula is C23H17NO2. The van der Waals surface area contributed by atoms with Gasteiger partial charge in [0.1, 0.15) is 5.76 Å². The van der Waals surface area contributed by atoms with Gasteiger partial charge in [0.25, 0.3) is 5.91 Å². The molecule has 4 rings (SSSR count). The van der Waals surface area contributed by atoms with Crippen molar-refractivity contribution in [1.82, 2.24) is 0 Å². The number of hydrogen-bond acceptors (Lipinski definition) is 2. The molecule has 1 N–H and O–H groups in total. The lowest BCUT2D eigenvalue weighted by atomic mass is 10.0. The summed E-state index contributed by atoms with van der Waals surface area (Å²) in [4.78, 5) is 13.0. The van der Waals surface area contributed by atoms with E-state index in [2.05, 4.69) is 5.32 Å². The van der Waals surface area contributed by atoms with E-state index in [1.54, 1.807) is 18.4 Å². The van der Waals surface area contributed by atoms with E-state index < -0.39 is 0 Å². The minimum atomic E-state index is -0.178. The highest BCUT2D eigenvalue weighted by Crippen LogP contribution is 2.23. The van der Waals surface area contributed by atoms with Crippen LogP contribution in [0.1, 0.15) is 11.3 Å². The van der Waals surface area contributed by atoms with Crippen LogP contribution in [0.2, 0.25) is 0 Å². The van der Waals surface area contributed by atoms with Gasteiger partial charge in [0, 0.05) is 5.69 Å². The molecule has 0 aliphatic rings. The maximum atomic E-state index is 13.0. The highest BCUT2D eigenvalue weighted by molar-refractivity contribution is 6.29. The Bertz CT molecular complexity index is 1060. The van der Waals surface area contributed by atoms with E-state index in [9.17, 15) is 4.79 Å². The Morgan fingerprint density at radius 3 is 2.35 bits per heavy atom. The van der Waals surface area contributed by atoms with Crippen LogP contribution < -0.4 is 5.32 Å². The van der Waals surface area contributed by atoms with Gasteiger partial charge >= 0.3 is 0 Å². The molecule has 126 valence electrons. The van der Waals surface area contributed by atoms with Crippen LogP contribution in [0.4, 0.5) is 5.69 Å². The van der Waals surface area contributed by atoms with Crippen LogP contribution in [0, 0.1) is 0 Å². The number of amides is 1. The van der Waals surface area contributed by atoms with Gasteiger partial charge in [0.05, 0.1) is 11.8 Å². The Balaban J connectivity index is 1.67. The predicted molar refractivity (Wildman–Crippen MR) is 106 cm³/mol. The van der Waals surface area contributed by atoms with Crippen molar-refractivity contribution in [2.45, 2.75) is 0 Å². The minimum absolute atomic E-state index is 0.178. The summed E-state index contributed by atoms with van der Waals surface area (Å²) < 4.78 is 5.39. The Morgan fingerprint density at radius 1 is 0.808 bits per heavy atom. The lowest BCUT2D eigenvalue weighted by Crippen LogP contribution is -2.13. The van der Waals surface area contributed by atoms with Crippen molar-refractivity contribution in [3.05, 3.63) is 103 Å². The van der Waals surface area contributed by atoms with Crippen LogP contribution in [0.25, 0.3) is 22.4 Å². The second-order valence-electron chi connectivity index (χ2n) is 5.96. The first-order chi connectivity index (χ1) is 12.8. The molecule has 3 nitrogen and oxygen atoms in total. The van der Waals surface area contributed by atoms with Gasteiger partial charge in [-0.25, -0.2) is 0 Å². The van der Waals surface area contributed by atoms with Gasteiger partial charge < -0.3 is 9.73 Å². The molecular weight excluding hydrogens is 322 g/mol. The summed E-state index contributed by atoms with van der Waals surface area (Å²) in [5.41, 5.74) is 2.14. The fraction of sp³-hybridized carbons (Fsp3) is 0. The smallest absolute Gasteiger partial charge is 0.256 e. The fourth-order valence-electron chi connectivity index (χ4n) is 2.88. The van der Waals surface area contributed by atoms with E-state index in [-0.39, 0.29) is 5.91 Å². The molecule has 26 heavy (non-hydrogen) atoms. The molecule has 0 aliphatic heterocycles. The molecule has 0 saturated carbocycles. The number of nitrogens with one attached hydrogen (secondary N) is 1. The summed E-state index contributed by atoms with van der Waals surface area (Å²) in [7, 11) is 0. The van der Waals surface area contributed by atoms with E-state index >= 15 is 0 Å². The zero-order valence-electron chi connectivity index (χ0n) is 14.1. The molecule has 0 spiro atoms. The van der Waals surface area contributed by atoms with Gasteiger partial charge in [-0.05, 0) is 46.7 Å². The van der Waals surface area contributed by atoms with E-state index in [1.165, 1.54) is 0 Å². The first kappa shape index (κ1) is 15.9. The first-order valence-electron chi connectivity index (χ1n) is 8.40. The number of benzene rings is 3. The van der Waals surface area contributed by atoms with E-state index in [1.807, 2.05) is 78.9 Å². The molecule has 1 heterocycles. The maximum Gasteiger partial charge on any atom is 0.256 e. The van der Waals surface area contributed by atoms with Crippen molar-refractivity contribution in [2.75, 3.05) is 5.32 Å². The highest BCUT2D eigenvalue weighted by Gasteiger charge is 2.13. The summed E-state index contributed by atoms with van der Waals surface area (Å²) in [5, 5.41) is 5.22. The van der Waals surface area contributed by atoms with Gasteiger partial charge in [0.2, 0.25) is 0 Å². The maximum absolute atomic E-state index is 13.0. The Morgan fingerprint density at radius 2 is 1.58 bits per heavy atom. The molecule has 1 aromatic heterocycles. The molecule has 0 bridgehead atoms. The number of rotatable bonds is 4. The second-order valence-corrected chi connectivity index (χ2v) is 5.96. The second kappa shape index (κ2) is 7.11. The SMILES string of the molecule is O=C(Nc1ccc2ccccc2c1)/C(=C\c1ccco1)c1ccccc1. The monoisotopic (exact) mass is 339 g/mol. The zero-order chi connectivity index (χ0) is 17.8. The number of carbonyl (C=O) groups is 1. The normalized spacial score (nSPS) is 11.5. The van der Waals surface area contributed by atoms with Crippen molar-refractivity contribution in [2.24, 2.45) is 0 Å². The van der Waals surface area contributed by atoms with Gasteiger partial charge in [-0.3, -0.25) is 4.79 Å². The summed E-state index contributed by atoms with van der Waals surface area (Å²) in [6, 6.07) is 27.2. The number of anilines is 1. The van der Waals surface area contributed by atoms with Gasteiger partial charge in [-0.1, -0.05) is 60.7 Å². The largest absolute Gasteiger partial charge is 0.465 e. The standard InChI is InChI=1S/C23H17NO2/c25-23(24-20-13-12-17-7-4-5-10-19(17)15-20)22(16-21-11-6-14-26-21)18-8-2-1-3-9-18/h1-16H,(H,24,25)/b22-16-. The van der Waals surface area contributed by atoms with E-state index in [0.29, 0.717) is 11.3 Å². The highest BCUT2D eigenvalue weighted by atomic mass is 16.3. The summed E-state index contributed by atoms with van der Waals surface area (Å²) in [6.45, 7) is 0. The van der Waals surface area contributed by atoms with Crippen molar-refractivity contribution >= 4 is 34.0 Å². The molecule has 0 unspecified atom stereocenters. The number of carbonyl (C=O) groups excluding carboxylic acids is 1. The zero-order valence-corrected chi connectivity index (χ0v) is 14.1. The lowest BCUT2D eigenvalue weighted by molar-refractivity contribution is -0.111. The van der Waals surface area contributed by atoms with Crippen molar-refractivity contribution < 1.29 is 9.21 Å². The van der Waals surface area contributed by atoms with Crippen LogP contribution in [0.5, 0.6) is 0 Å². The molecule has 0 aliphatic carbocycles. The average molecular weight is 339 g/mol. The van der Waals surface area contributed by atoms with Crippen LogP contribution in [0.3, 0.4) is 0 Å². The molecule has 3 heteroatoms. The topological polar surface area (TPSA) is 42.2 Å². The Kier molecular flexibility index (Phi) is 4.35. The van der Waals surface area contributed by atoms with E-state index in [4.69, 9.17) is 4.42 Å². The van der Waals surface area contributed by atoms with Crippen LogP contribution in [-0.2, 0) is 4.79 Å². The molecule has 0 radical (unpaired) electrons. The molecule has 0 atom stereocenters. The third kappa shape index (κ3) is 3.42. The fourth-order valence-corrected chi connectivity index (χ4v) is 2.88. The third-order valence-corrected chi connectivity index (χ3v) is 4.17. The minimum Gasteiger partial charge on any atom is -0.465 e. The third-order valence-electron chi connectivity index (χ3n) is 4.17. The predicted octanol–water partition coefficient (Wildman–Crippen LogP) is 5.61. The van der Waals surface area contributed by atoms with Crippen molar-refractivity contribution in [1.29, 1.82) is 0 Å². The van der Waals surface area contributed by atoms with Crippen molar-refractivity contribution in [3.8, 4) is 0 Å².